The third-order valence-electron chi connectivity index (χ3n) is 3.26. The number of hydrogen-bond donors (Lipinski definition) is 1. The molecule has 1 saturated carbocycles. The summed E-state index contributed by atoms with van der Waals surface area (Å²) >= 11 is 0. The Morgan fingerprint density at radius 1 is 1.27 bits per heavy atom. The lowest BCUT2D eigenvalue weighted by Gasteiger charge is -2.33. The molecule has 4 nitrogen and oxygen atoms in total. The van der Waals surface area contributed by atoms with Crippen molar-refractivity contribution in [1.29, 1.82) is 0 Å². The maximum absolute atomic E-state index is 11.5. The molecule has 0 aromatic rings. The van der Waals surface area contributed by atoms with E-state index >= 15 is 0 Å². The van der Waals surface area contributed by atoms with Gasteiger partial charge in [0.2, 0.25) is 0 Å². The van der Waals surface area contributed by atoms with Gasteiger partial charge in [0.1, 0.15) is 0 Å². The molecule has 2 aliphatic rings. The fourth-order valence-corrected chi connectivity index (χ4v) is 2.43. The lowest BCUT2D eigenvalue weighted by Crippen LogP contribution is -2.46. The standard InChI is InChI=1S/C11H16N2O2/c1-12-8-3-2-4-9(7-8)13-10(14)5-6-11(13)15/h5-6,8-9,12H,2-4,7H2,1H3. The first-order valence-electron chi connectivity index (χ1n) is 5.45. The van der Waals surface area contributed by atoms with E-state index in [2.05, 4.69) is 5.32 Å². The Morgan fingerprint density at radius 2 is 1.93 bits per heavy atom. The van der Waals surface area contributed by atoms with Gasteiger partial charge in [0.15, 0.2) is 0 Å². The predicted octanol–water partition coefficient (Wildman–Crippen LogP) is 0.442. The average molecular weight is 208 g/mol. The second-order valence-electron chi connectivity index (χ2n) is 4.19. The smallest absolute Gasteiger partial charge is 0.253 e. The molecule has 1 aliphatic heterocycles. The van der Waals surface area contributed by atoms with Gasteiger partial charge < -0.3 is 5.32 Å². The second-order valence-corrected chi connectivity index (χ2v) is 4.19. The summed E-state index contributed by atoms with van der Waals surface area (Å²) in [6.45, 7) is 0. The van der Waals surface area contributed by atoms with Gasteiger partial charge in [-0.1, -0.05) is 0 Å². The molecule has 1 aliphatic carbocycles. The van der Waals surface area contributed by atoms with Crippen molar-refractivity contribution in [3.63, 3.8) is 0 Å². The first kappa shape index (κ1) is 10.4. The highest BCUT2D eigenvalue weighted by atomic mass is 16.2. The molecular weight excluding hydrogens is 192 g/mol. The highest BCUT2D eigenvalue weighted by molar-refractivity contribution is 6.13. The molecule has 1 N–H and O–H groups in total. The number of carbonyl (C=O) groups is 2. The van der Waals surface area contributed by atoms with E-state index < -0.39 is 0 Å². The SMILES string of the molecule is CNC1CCCC(N2C(=O)C=CC2=O)C1. The van der Waals surface area contributed by atoms with Crippen molar-refractivity contribution >= 4 is 11.8 Å². The Bertz CT molecular complexity index is 294. The Balaban J connectivity index is 2.04. The van der Waals surface area contributed by atoms with Gasteiger partial charge in [-0.25, -0.2) is 0 Å². The number of nitrogens with one attached hydrogen (secondary N) is 1. The molecule has 0 saturated heterocycles. The fraction of sp³-hybridized carbons (Fsp3) is 0.636. The van der Waals surface area contributed by atoms with Crippen molar-refractivity contribution < 1.29 is 9.59 Å². The molecule has 2 amide bonds. The molecule has 1 heterocycles. The minimum atomic E-state index is -0.151. The van der Waals surface area contributed by atoms with Gasteiger partial charge in [0.05, 0.1) is 0 Å². The summed E-state index contributed by atoms with van der Waals surface area (Å²) in [5, 5.41) is 3.22. The number of hydrogen-bond acceptors (Lipinski definition) is 3. The van der Waals surface area contributed by atoms with Crippen LogP contribution in [0.4, 0.5) is 0 Å². The molecule has 0 radical (unpaired) electrons. The van der Waals surface area contributed by atoms with Crippen LogP contribution in [-0.4, -0.2) is 35.8 Å². The van der Waals surface area contributed by atoms with E-state index in [-0.39, 0.29) is 17.9 Å². The molecule has 1 fully saturated rings. The van der Waals surface area contributed by atoms with Gasteiger partial charge in [-0.2, -0.15) is 0 Å². The largest absolute Gasteiger partial charge is 0.317 e. The zero-order valence-electron chi connectivity index (χ0n) is 8.90. The van der Waals surface area contributed by atoms with Crippen LogP contribution in [0, 0.1) is 0 Å². The lowest BCUT2D eigenvalue weighted by atomic mass is 9.90. The Kier molecular flexibility index (Phi) is 2.86. The number of carbonyl (C=O) groups excluding carboxylic acids is 2. The lowest BCUT2D eigenvalue weighted by molar-refractivity contribution is -0.140. The number of nitrogens with zero attached hydrogens (tertiary/aromatic N) is 1. The molecule has 0 aromatic heterocycles. The second kappa shape index (κ2) is 4.14. The third kappa shape index (κ3) is 1.95. The van der Waals surface area contributed by atoms with E-state index in [4.69, 9.17) is 0 Å². The van der Waals surface area contributed by atoms with Crippen LogP contribution in [0.3, 0.4) is 0 Å². The Hall–Kier alpha value is -1.16. The van der Waals surface area contributed by atoms with Gasteiger partial charge in [-0.15, -0.1) is 0 Å². The van der Waals surface area contributed by atoms with Crippen molar-refractivity contribution in [3.05, 3.63) is 12.2 Å². The van der Waals surface area contributed by atoms with Crippen molar-refractivity contribution in [2.45, 2.75) is 37.8 Å². The van der Waals surface area contributed by atoms with Crippen molar-refractivity contribution in [2.75, 3.05) is 7.05 Å². The van der Waals surface area contributed by atoms with Crippen molar-refractivity contribution in [3.8, 4) is 0 Å². The van der Waals surface area contributed by atoms with Crippen LogP contribution in [0.2, 0.25) is 0 Å². The number of rotatable bonds is 2. The molecule has 0 aromatic carbocycles. The van der Waals surface area contributed by atoms with Gasteiger partial charge >= 0.3 is 0 Å². The molecule has 2 atom stereocenters. The summed E-state index contributed by atoms with van der Waals surface area (Å²) in [6, 6.07) is 0.524. The molecule has 0 spiro atoms. The van der Waals surface area contributed by atoms with Crippen molar-refractivity contribution in [1.82, 2.24) is 10.2 Å². The molecule has 2 unspecified atom stereocenters. The molecule has 2 rings (SSSR count). The highest BCUT2D eigenvalue weighted by Gasteiger charge is 2.34. The maximum Gasteiger partial charge on any atom is 0.253 e. The third-order valence-corrected chi connectivity index (χ3v) is 3.26. The zero-order chi connectivity index (χ0) is 10.8. The first-order valence-corrected chi connectivity index (χ1v) is 5.45. The zero-order valence-corrected chi connectivity index (χ0v) is 8.90. The summed E-state index contributed by atoms with van der Waals surface area (Å²) in [7, 11) is 1.93. The maximum atomic E-state index is 11.5. The predicted molar refractivity (Wildman–Crippen MR) is 56.1 cm³/mol. The van der Waals surface area contributed by atoms with Crippen LogP contribution >= 0.6 is 0 Å². The van der Waals surface area contributed by atoms with E-state index in [9.17, 15) is 9.59 Å². The normalized spacial score (nSPS) is 31.4. The molecule has 4 heteroatoms. The van der Waals surface area contributed by atoms with Crippen LogP contribution in [0.1, 0.15) is 25.7 Å². The minimum Gasteiger partial charge on any atom is -0.317 e. The average Bonchev–Trinajstić information content (AvgIpc) is 2.59. The Morgan fingerprint density at radius 3 is 2.53 bits per heavy atom. The Labute approximate surface area is 89.3 Å². The van der Waals surface area contributed by atoms with Gasteiger partial charge in [0, 0.05) is 24.2 Å². The van der Waals surface area contributed by atoms with Gasteiger partial charge in [-0.3, -0.25) is 14.5 Å². The fourth-order valence-electron chi connectivity index (χ4n) is 2.43. The monoisotopic (exact) mass is 208 g/mol. The van der Waals surface area contributed by atoms with Gasteiger partial charge in [-0.05, 0) is 32.7 Å². The van der Waals surface area contributed by atoms with Crippen LogP contribution < -0.4 is 5.32 Å². The summed E-state index contributed by atoms with van der Waals surface area (Å²) in [6.07, 6.45) is 6.77. The highest BCUT2D eigenvalue weighted by Crippen LogP contribution is 2.25. The summed E-state index contributed by atoms with van der Waals surface area (Å²) in [4.78, 5) is 24.4. The van der Waals surface area contributed by atoms with Crippen molar-refractivity contribution in [2.24, 2.45) is 0 Å². The minimum absolute atomic E-state index is 0.0891. The van der Waals surface area contributed by atoms with E-state index in [1.54, 1.807) is 0 Å². The molecular formula is C11H16N2O2. The number of amides is 2. The van der Waals surface area contributed by atoms with Crippen LogP contribution in [0.5, 0.6) is 0 Å². The van der Waals surface area contributed by atoms with Crippen LogP contribution in [-0.2, 0) is 9.59 Å². The topological polar surface area (TPSA) is 49.4 Å². The quantitative estimate of drug-likeness (QED) is 0.670. The summed E-state index contributed by atoms with van der Waals surface area (Å²) < 4.78 is 0. The van der Waals surface area contributed by atoms with E-state index in [0.717, 1.165) is 25.7 Å². The van der Waals surface area contributed by atoms with Crippen LogP contribution in [0.15, 0.2) is 12.2 Å². The summed E-state index contributed by atoms with van der Waals surface area (Å²) in [5.41, 5.74) is 0. The number of imide groups is 1. The van der Waals surface area contributed by atoms with Gasteiger partial charge in [0.25, 0.3) is 11.8 Å². The van der Waals surface area contributed by atoms with E-state index in [0.29, 0.717) is 6.04 Å². The van der Waals surface area contributed by atoms with E-state index in [1.807, 2.05) is 7.05 Å². The first-order chi connectivity index (χ1) is 7.22. The molecule has 82 valence electrons. The van der Waals surface area contributed by atoms with Crippen LogP contribution in [0.25, 0.3) is 0 Å². The van der Waals surface area contributed by atoms with E-state index in [1.165, 1.54) is 17.1 Å². The molecule has 15 heavy (non-hydrogen) atoms. The molecule has 0 bridgehead atoms. The summed E-state index contributed by atoms with van der Waals surface area (Å²) in [5.74, 6) is -0.302.